The molecule has 1 aromatic heterocycles. The van der Waals surface area contributed by atoms with Crippen molar-refractivity contribution in [1.29, 1.82) is 0 Å². The summed E-state index contributed by atoms with van der Waals surface area (Å²) in [5.41, 5.74) is 1.45. The van der Waals surface area contributed by atoms with Crippen molar-refractivity contribution in [1.82, 2.24) is 4.98 Å². The van der Waals surface area contributed by atoms with Crippen LogP contribution in [0.4, 0.5) is 4.39 Å². The Hall–Kier alpha value is -1.64. The molecule has 0 bridgehead atoms. The fourth-order valence-electron chi connectivity index (χ4n) is 1.86. The number of Topliss-reactive ketones (excluding diaryl/α,β-unsaturated/α-hetero) is 1. The lowest BCUT2D eigenvalue weighted by Gasteiger charge is -1.96. The van der Waals surface area contributed by atoms with Crippen LogP contribution >= 0.6 is 0 Å². The molecule has 2 nitrogen and oxygen atoms in total. The van der Waals surface area contributed by atoms with Gasteiger partial charge in [0, 0.05) is 28.6 Å². The summed E-state index contributed by atoms with van der Waals surface area (Å²) in [6, 6.07) is 4.47. The van der Waals surface area contributed by atoms with Crippen molar-refractivity contribution in [3.8, 4) is 0 Å². The van der Waals surface area contributed by atoms with E-state index in [0.717, 1.165) is 18.4 Å². The number of nitrogens with one attached hydrogen (secondary N) is 1. The number of aromatic nitrogens is 1. The monoisotopic (exact) mass is 203 g/mol. The maximum absolute atomic E-state index is 13.0. The van der Waals surface area contributed by atoms with Crippen LogP contribution in [0.15, 0.2) is 24.4 Å². The van der Waals surface area contributed by atoms with Gasteiger partial charge in [-0.2, -0.15) is 0 Å². The van der Waals surface area contributed by atoms with Gasteiger partial charge in [0.2, 0.25) is 0 Å². The Morgan fingerprint density at radius 2 is 2.20 bits per heavy atom. The van der Waals surface area contributed by atoms with Crippen molar-refractivity contribution in [3.63, 3.8) is 0 Å². The lowest BCUT2D eigenvalue weighted by Crippen LogP contribution is -1.99. The predicted octanol–water partition coefficient (Wildman–Crippen LogP) is 2.90. The SMILES string of the molecule is O=C(c1c[nH]c2ccc(F)cc12)C1CC1. The second-order valence-corrected chi connectivity index (χ2v) is 4.03. The summed E-state index contributed by atoms with van der Waals surface area (Å²) in [6.45, 7) is 0. The van der Waals surface area contributed by atoms with Crippen LogP contribution in [0.1, 0.15) is 23.2 Å². The van der Waals surface area contributed by atoms with Crippen molar-refractivity contribution in [3.05, 3.63) is 35.8 Å². The smallest absolute Gasteiger partial charge is 0.168 e. The minimum absolute atomic E-state index is 0.145. The van der Waals surface area contributed by atoms with Crippen LogP contribution in [0.5, 0.6) is 0 Å². The summed E-state index contributed by atoms with van der Waals surface area (Å²) in [4.78, 5) is 14.8. The molecular weight excluding hydrogens is 193 g/mol. The average Bonchev–Trinajstić information content (AvgIpc) is 2.98. The molecule has 0 saturated heterocycles. The van der Waals surface area contributed by atoms with Crippen molar-refractivity contribution >= 4 is 16.7 Å². The normalized spacial score (nSPS) is 15.8. The zero-order valence-corrected chi connectivity index (χ0v) is 8.09. The van der Waals surface area contributed by atoms with Gasteiger partial charge in [-0.25, -0.2) is 4.39 Å². The Morgan fingerprint density at radius 1 is 1.40 bits per heavy atom. The summed E-state index contributed by atoms with van der Waals surface area (Å²) in [7, 11) is 0. The van der Waals surface area contributed by atoms with E-state index in [1.165, 1.54) is 12.1 Å². The average molecular weight is 203 g/mol. The number of fused-ring (bicyclic) bond motifs is 1. The molecule has 1 heterocycles. The standard InChI is InChI=1S/C12H10FNO/c13-8-3-4-11-9(5-8)10(6-14-11)12(15)7-1-2-7/h3-7,14H,1-2H2. The zero-order valence-electron chi connectivity index (χ0n) is 8.09. The van der Waals surface area contributed by atoms with Crippen molar-refractivity contribution < 1.29 is 9.18 Å². The minimum Gasteiger partial charge on any atom is -0.360 e. The van der Waals surface area contributed by atoms with Gasteiger partial charge in [-0.3, -0.25) is 4.79 Å². The number of rotatable bonds is 2. The molecule has 0 atom stereocenters. The predicted molar refractivity (Wildman–Crippen MR) is 55.3 cm³/mol. The molecule has 1 fully saturated rings. The first-order valence-electron chi connectivity index (χ1n) is 5.06. The van der Waals surface area contributed by atoms with Crippen molar-refractivity contribution in [2.24, 2.45) is 5.92 Å². The van der Waals surface area contributed by atoms with Gasteiger partial charge in [-0.1, -0.05) is 0 Å². The Bertz CT molecular complexity index is 540. The molecule has 0 spiro atoms. The molecule has 1 aromatic carbocycles. The van der Waals surface area contributed by atoms with Crippen LogP contribution in [0.3, 0.4) is 0 Å². The highest BCUT2D eigenvalue weighted by Gasteiger charge is 2.31. The molecule has 3 heteroatoms. The van der Waals surface area contributed by atoms with Crippen LogP contribution in [0.2, 0.25) is 0 Å². The van der Waals surface area contributed by atoms with E-state index in [4.69, 9.17) is 0 Å². The molecule has 1 N–H and O–H groups in total. The van der Waals surface area contributed by atoms with E-state index < -0.39 is 0 Å². The van der Waals surface area contributed by atoms with Gasteiger partial charge in [0.05, 0.1) is 0 Å². The van der Waals surface area contributed by atoms with Gasteiger partial charge in [-0.15, -0.1) is 0 Å². The molecule has 0 radical (unpaired) electrons. The van der Waals surface area contributed by atoms with Gasteiger partial charge in [0.1, 0.15) is 5.82 Å². The van der Waals surface area contributed by atoms with Gasteiger partial charge in [-0.05, 0) is 31.0 Å². The lowest BCUT2D eigenvalue weighted by atomic mass is 10.1. The first-order chi connectivity index (χ1) is 7.25. The molecule has 0 amide bonds. The van der Waals surface area contributed by atoms with Gasteiger partial charge < -0.3 is 4.98 Å². The van der Waals surface area contributed by atoms with Gasteiger partial charge in [0.15, 0.2) is 5.78 Å². The number of aromatic amines is 1. The van der Waals surface area contributed by atoms with Gasteiger partial charge >= 0.3 is 0 Å². The zero-order chi connectivity index (χ0) is 10.4. The molecule has 0 aliphatic heterocycles. The third-order valence-electron chi connectivity index (χ3n) is 2.86. The summed E-state index contributed by atoms with van der Waals surface area (Å²) in [5.74, 6) is 0.0195. The summed E-state index contributed by atoms with van der Waals surface area (Å²) in [5, 5.41) is 0.701. The highest BCUT2D eigenvalue weighted by Crippen LogP contribution is 2.34. The molecule has 15 heavy (non-hydrogen) atoms. The Morgan fingerprint density at radius 3 is 2.93 bits per heavy atom. The van der Waals surface area contributed by atoms with E-state index in [2.05, 4.69) is 4.98 Å². The summed E-state index contributed by atoms with van der Waals surface area (Å²) < 4.78 is 13.0. The van der Waals surface area contributed by atoms with E-state index in [1.54, 1.807) is 12.3 Å². The molecule has 76 valence electrons. The third kappa shape index (κ3) is 1.35. The Labute approximate surface area is 86.1 Å². The number of halogens is 1. The largest absolute Gasteiger partial charge is 0.360 e. The second-order valence-electron chi connectivity index (χ2n) is 4.03. The topological polar surface area (TPSA) is 32.9 Å². The molecule has 1 aliphatic carbocycles. The highest BCUT2D eigenvalue weighted by molar-refractivity contribution is 6.09. The molecule has 2 aromatic rings. The first-order valence-corrected chi connectivity index (χ1v) is 5.06. The molecule has 1 aliphatic rings. The maximum atomic E-state index is 13.0. The number of benzene rings is 1. The molecule has 1 saturated carbocycles. The Kier molecular flexibility index (Phi) is 1.69. The quantitative estimate of drug-likeness (QED) is 0.748. The number of ketones is 1. The van der Waals surface area contributed by atoms with Crippen LogP contribution in [0.25, 0.3) is 10.9 Å². The summed E-state index contributed by atoms with van der Waals surface area (Å²) in [6.07, 6.45) is 3.63. The number of hydrogen-bond acceptors (Lipinski definition) is 1. The summed E-state index contributed by atoms with van der Waals surface area (Å²) >= 11 is 0. The number of H-pyrrole nitrogens is 1. The van der Waals surface area contributed by atoms with Crippen molar-refractivity contribution in [2.45, 2.75) is 12.8 Å². The second kappa shape index (κ2) is 2.92. The number of carbonyl (C=O) groups excluding carboxylic acids is 1. The molecule has 3 rings (SSSR count). The highest BCUT2D eigenvalue weighted by atomic mass is 19.1. The van der Waals surface area contributed by atoms with Crippen LogP contribution < -0.4 is 0 Å². The molecular formula is C12H10FNO. The van der Waals surface area contributed by atoms with E-state index in [9.17, 15) is 9.18 Å². The first kappa shape index (κ1) is 8.65. The number of hydrogen-bond donors (Lipinski definition) is 1. The maximum Gasteiger partial charge on any atom is 0.168 e. The van der Waals surface area contributed by atoms with Crippen molar-refractivity contribution in [2.75, 3.05) is 0 Å². The number of carbonyl (C=O) groups is 1. The van der Waals surface area contributed by atoms with E-state index in [-0.39, 0.29) is 17.5 Å². The lowest BCUT2D eigenvalue weighted by molar-refractivity contribution is 0.0969. The van der Waals surface area contributed by atoms with Crippen LogP contribution in [0, 0.1) is 11.7 Å². The minimum atomic E-state index is -0.299. The fraction of sp³-hybridized carbons (Fsp3) is 0.250. The van der Waals surface area contributed by atoms with E-state index >= 15 is 0 Å². The Balaban J connectivity index is 2.17. The third-order valence-corrected chi connectivity index (χ3v) is 2.86. The van der Waals surface area contributed by atoms with E-state index in [0.29, 0.717) is 10.9 Å². The van der Waals surface area contributed by atoms with Crippen LogP contribution in [-0.2, 0) is 0 Å². The van der Waals surface area contributed by atoms with Crippen LogP contribution in [-0.4, -0.2) is 10.8 Å². The molecule has 0 unspecified atom stereocenters. The van der Waals surface area contributed by atoms with E-state index in [1.807, 2.05) is 0 Å². The van der Waals surface area contributed by atoms with Gasteiger partial charge in [0.25, 0.3) is 0 Å². The fourth-order valence-corrected chi connectivity index (χ4v) is 1.86.